The first-order valence-electron chi connectivity index (χ1n) is 4.51. The van der Waals surface area contributed by atoms with E-state index in [0.717, 1.165) is 0 Å². The Bertz CT molecular complexity index is 552. The van der Waals surface area contributed by atoms with Crippen molar-refractivity contribution >= 4 is 28.9 Å². The van der Waals surface area contributed by atoms with Crippen LogP contribution in [0.15, 0.2) is 30.3 Å². The highest BCUT2D eigenvalue weighted by Gasteiger charge is 2.08. The van der Waals surface area contributed by atoms with Crippen molar-refractivity contribution in [1.82, 2.24) is 9.97 Å². The van der Waals surface area contributed by atoms with E-state index in [1.54, 1.807) is 12.1 Å². The van der Waals surface area contributed by atoms with Crippen molar-refractivity contribution in [2.24, 2.45) is 0 Å². The fourth-order valence-electron chi connectivity index (χ4n) is 1.25. The number of rotatable bonds is 2. The van der Waals surface area contributed by atoms with E-state index in [2.05, 4.69) is 9.97 Å². The van der Waals surface area contributed by atoms with Crippen LogP contribution in [0.5, 0.6) is 0 Å². The summed E-state index contributed by atoms with van der Waals surface area (Å²) in [5.74, 6) is 0.331. The van der Waals surface area contributed by atoms with Gasteiger partial charge in [-0.15, -0.1) is 0 Å². The first kappa shape index (κ1) is 11.8. The molecule has 1 heterocycles. The average molecular weight is 270 g/mol. The first-order valence-corrected chi connectivity index (χ1v) is 5.27. The third kappa shape index (κ3) is 2.69. The van der Waals surface area contributed by atoms with Gasteiger partial charge in [-0.05, 0) is 12.1 Å². The van der Waals surface area contributed by atoms with Crippen LogP contribution in [0.2, 0.25) is 10.3 Å². The lowest BCUT2D eigenvalue weighted by Crippen LogP contribution is -1.91. The quantitative estimate of drug-likeness (QED) is 0.476. The van der Waals surface area contributed by atoms with Crippen LogP contribution in [0.1, 0.15) is 0 Å². The highest BCUT2D eigenvalue weighted by Crippen LogP contribution is 2.22. The molecule has 0 saturated heterocycles. The molecule has 1 aromatic heterocycles. The molecule has 0 atom stereocenters. The molecule has 0 fully saturated rings. The molecule has 0 spiro atoms. The van der Waals surface area contributed by atoms with E-state index in [4.69, 9.17) is 23.2 Å². The number of benzene rings is 1. The van der Waals surface area contributed by atoms with Gasteiger partial charge in [0.05, 0.1) is 4.92 Å². The van der Waals surface area contributed by atoms with E-state index in [9.17, 15) is 10.1 Å². The Morgan fingerprint density at radius 1 is 1.06 bits per heavy atom. The largest absolute Gasteiger partial charge is 0.269 e. The van der Waals surface area contributed by atoms with Crippen molar-refractivity contribution in [3.8, 4) is 11.4 Å². The number of nitro benzene ring substituents is 1. The molecule has 0 aliphatic heterocycles. The van der Waals surface area contributed by atoms with Crippen molar-refractivity contribution < 1.29 is 4.92 Å². The number of non-ortho nitro benzene ring substituents is 1. The maximum atomic E-state index is 10.5. The average Bonchev–Trinajstić information content (AvgIpc) is 2.28. The van der Waals surface area contributed by atoms with Gasteiger partial charge in [-0.1, -0.05) is 23.2 Å². The summed E-state index contributed by atoms with van der Waals surface area (Å²) < 4.78 is 0. The number of hydrogen-bond donors (Lipinski definition) is 0. The molecule has 0 aliphatic rings. The summed E-state index contributed by atoms with van der Waals surface area (Å²) in [6.45, 7) is 0. The van der Waals surface area contributed by atoms with E-state index in [1.165, 1.54) is 18.2 Å². The minimum Gasteiger partial charge on any atom is -0.258 e. The minimum atomic E-state index is -0.477. The Morgan fingerprint density at radius 2 is 1.59 bits per heavy atom. The van der Waals surface area contributed by atoms with Gasteiger partial charge in [0, 0.05) is 23.8 Å². The fourth-order valence-corrected chi connectivity index (χ4v) is 1.67. The number of nitrogens with zero attached hydrogens (tertiary/aromatic N) is 3. The van der Waals surface area contributed by atoms with E-state index >= 15 is 0 Å². The van der Waals surface area contributed by atoms with Crippen molar-refractivity contribution in [2.75, 3.05) is 0 Å². The minimum absolute atomic E-state index is 0.00174. The molecule has 0 amide bonds. The molecular weight excluding hydrogens is 265 g/mol. The molecule has 7 heteroatoms. The summed E-state index contributed by atoms with van der Waals surface area (Å²) >= 11 is 11.5. The van der Waals surface area contributed by atoms with Crippen molar-refractivity contribution in [3.63, 3.8) is 0 Å². The molecule has 1 aromatic carbocycles. The zero-order chi connectivity index (χ0) is 12.4. The zero-order valence-corrected chi connectivity index (χ0v) is 9.81. The van der Waals surface area contributed by atoms with Crippen molar-refractivity contribution in [2.45, 2.75) is 0 Å². The van der Waals surface area contributed by atoms with E-state index < -0.39 is 4.92 Å². The lowest BCUT2D eigenvalue weighted by atomic mass is 10.2. The zero-order valence-electron chi connectivity index (χ0n) is 8.30. The van der Waals surface area contributed by atoms with Crippen LogP contribution in [-0.2, 0) is 0 Å². The predicted octanol–water partition coefficient (Wildman–Crippen LogP) is 3.36. The van der Waals surface area contributed by atoms with Gasteiger partial charge in [0.2, 0.25) is 0 Å². The molecule has 0 unspecified atom stereocenters. The van der Waals surface area contributed by atoms with Crippen LogP contribution in [0.3, 0.4) is 0 Å². The van der Waals surface area contributed by atoms with Gasteiger partial charge in [0.25, 0.3) is 5.69 Å². The first-order chi connectivity index (χ1) is 8.06. The molecule has 0 bridgehead atoms. The van der Waals surface area contributed by atoms with Gasteiger partial charge >= 0.3 is 0 Å². The fraction of sp³-hybridized carbons (Fsp3) is 0. The summed E-state index contributed by atoms with van der Waals surface area (Å²) in [7, 11) is 0. The van der Waals surface area contributed by atoms with Crippen LogP contribution >= 0.6 is 23.2 Å². The van der Waals surface area contributed by atoms with E-state index in [1.807, 2.05) is 0 Å². The smallest absolute Gasteiger partial charge is 0.258 e. The summed E-state index contributed by atoms with van der Waals surface area (Å²) in [6, 6.07) is 7.24. The Kier molecular flexibility index (Phi) is 3.21. The number of halogens is 2. The molecule has 2 rings (SSSR count). The number of hydrogen-bond acceptors (Lipinski definition) is 4. The van der Waals surface area contributed by atoms with Gasteiger partial charge in [0.15, 0.2) is 5.82 Å². The van der Waals surface area contributed by atoms with Crippen molar-refractivity contribution in [3.05, 3.63) is 50.8 Å². The predicted molar refractivity (Wildman–Crippen MR) is 64.1 cm³/mol. The maximum absolute atomic E-state index is 10.5. The molecule has 0 N–H and O–H groups in total. The Balaban J connectivity index is 2.43. The third-order valence-corrected chi connectivity index (χ3v) is 2.39. The maximum Gasteiger partial charge on any atom is 0.269 e. The summed E-state index contributed by atoms with van der Waals surface area (Å²) in [4.78, 5) is 18.0. The Morgan fingerprint density at radius 3 is 2.06 bits per heavy atom. The van der Waals surface area contributed by atoms with Crippen LogP contribution in [0.4, 0.5) is 5.69 Å². The second-order valence-electron chi connectivity index (χ2n) is 3.14. The van der Waals surface area contributed by atoms with Gasteiger partial charge in [0.1, 0.15) is 10.3 Å². The molecular formula is C10H5Cl2N3O2. The normalized spacial score (nSPS) is 10.2. The molecule has 0 saturated carbocycles. The van der Waals surface area contributed by atoms with Crippen molar-refractivity contribution in [1.29, 1.82) is 0 Å². The number of aromatic nitrogens is 2. The van der Waals surface area contributed by atoms with Crippen LogP contribution < -0.4 is 0 Å². The SMILES string of the molecule is O=[N+]([O-])c1ccc(-c2nc(Cl)cc(Cl)n2)cc1. The second kappa shape index (κ2) is 4.65. The Hall–Kier alpha value is -1.72. The lowest BCUT2D eigenvalue weighted by molar-refractivity contribution is -0.384. The second-order valence-corrected chi connectivity index (χ2v) is 3.92. The monoisotopic (exact) mass is 269 g/mol. The summed E-state index contributed by atoms with van der Waals surface area (Å²) in [5, 5.41) is 10.9. The number of nitro groups is 1. The molecule has 0 radical (unpaired) electrons. The Labute approximate surface area is 106 Å². The highest BCUT2D eigenvalue weighted by atomic mass is 35.5. The topological polar surface area (TPSA) is 68.9 Å². The lowest BCUT2D eigenvalue weighted by Gasteiger charge is -2.01. The van der Waals surface area contributed by atoms with Crippen LogP contribution in [0, 0.1) is 10.1 Å². The third-order valence-electron chi connectivity index (χ3n) is 2.00. The summed E-state index contributed by atoms with van der Waals surface area (Å²) in [5.41, 5.74) is 0.613. The molecule has 17 heavy (non-hydrogen) atoms. The van der Waals surface area contributed by atoms with Gasteiger partial charge in [-0.2, -0.15) is 0 Å². The van der Waals surface area contributed by atoms with Gasteiger partial charge in [-0.25, -0.2) is 9.97 Å². The van der Waals surface area contributed by atoms with Crippen LogP contribution in [0.25, 0.3) is 11.4 Å². The van der Waals surface area contributed by atoms with Gasteiger partial charge < -0.3 is 0 Å². The van der Waals surface area contributed by atoms with Crippen LogP contribution in [-0.4, -0.2) is 14.9 Å². The molecule has 5 nitrogen and oxygen atoms in total. The van der Waals surface area contributed by atoms with E-state index in [-0.39, 0.29) is 16.0 Å². The van der Waals surface area contributed by atoms with E-state index in [0.29, 0.717) is 11.4 Å². The standard InChI is InChI=1S/C10H5Cl2N3O2/c11-8-5-9(12)14-10(13-8)6-1-3-7(4-2-6)15(16)17/h1-5H. The molecule has 2 aromatic rings. The molecule has 0 aliphatic carbocycles. The molecule has 86 valence electrons. The highest BCUT2D eigenvalue weighted by molar-refractivity contribution is 6.33. The van der Waals surface area contributed by atoms with Gasteiger partial charge in [-0.3, -0.25) is 10.1 Å². The summed E-state index contributed by atoms with van der Waals surface area (Å²) in [6.07, 6.45) is 0.